The SMILES string of the molecule is CCC(C)(C)OC(=O)C(C#N)c1cc(Br)cc2cn(C)nc12. The molecule has 116 valence electrons. The molecule has 0 radical (unpaired) electrons. The van der Waals surface area contributed by atoms with Gasteiger partial charge in [0, 0.05) is 28.7 Å². The van der Waals surface area contributed by atoms with E-state index in [4.69, 9.17) is 4.74 Å². The highest BCUT2D eigenvalue weighted by Gasteiger charge is 2.30. The van der Waals surface area contributed by atoms with Crippen LogP contribution in [0.25, 0.3) is 10.9 Å². The Morgan fingerprint density at radius 1 is 1.55 bits per heavy atom. The third-order valence-corrected chi connectivity index (χ3v) is 4.08. The number of fused-ring (bicyclic) bond motifs is 1. The van der Waals surface area contributed by atoms with Crippen LogP contribution in [-0.4, -0.2) is 21.4 Å². The zero-order valence-electron chi connectivity index (χ0n) is 13.1. The number of ether oxygens (including phenoxy) is 1. The molecule has 1 aromatic heterocycles. The van der Waals surface area contributed by atoms with Gasteiger partial charge in [-0.3, -0.25) is 9.48 Å². The molecule has 5 nitrogen and oxygen atoms in total. The Kier molecular flexibility index (Phi) is 4.57. The number of aryl methyl sites for hydroxylation is 1. The second-order valence-corrected chi connectivity index (χ2v) is 6.75. The lowest BCUT2D eigenvalue weighted by molar-refractivity contribution is -0.157. The number of carbonyl (C=O) groups is 1. The van der Waals surface area contributed by atoms with Gasteiger partial charge in [0.2, 0.25) is 0 Å². The number of nitrogens with zero attached hydrogens (tertiary/aromatic N) is 3. The van der Waals surface area contributed by atoms with Crippen LogP contribution in [0.2, 0.25) is 0 Å². The summed E-state index contributed by atoms with van der Waals surface area (Å²) in [7, 11) is 1.80. The minimum Gasteiger partial charge on any atom is -0.458 e. The smallest absolute Gasteiger partial charge is 0.328 e. The van der Waals surface area contributed by atoms with Crippen molar-refractivity contribution in [2.24, 2.45) is 7.05 Å². The van der Waals surface area contributed by atoms with E-state index in [2.05, 4.69) is 21.0 Å². The molecule has 0 saturated carbocycles. The summed E-state index contributed by atoms with van der Waals surface area (Å²) < 4.78 is 7.94. The molecular weight excluding hydrogens is 346 g/mol. The fourth-order valence-electron chi connectivity index (χ4n) is 2.12. The molecule has 1 unspecified atom stereocenters. The molecule has 0 aliphatic heterocycles. The molecule has 0 amide bonds. The molecule has 0 spiro atoms. The number of esters is 1. The van der Waals surface area contributed by atoms with Crippen LogP contribution in [0, 0.1) is 11.3 Å². The lowest BCUT2D eigenvalue weighted by Gasteiger charge is -2.24. The van der Waals surface area contributed by atoms with Crippen LogP contribution in [0.1, 0.15) is 38.7 Å². The standard InChI is InChI=1S/C16H18BrN3O2/c1-5-16(2,3)22-15(21)13(8-18)12-7-11(17)6-10-9-20(4)19-14(10)12/h6-7,9,13H,5H2,1-4H3. The van der Waals surface area contributed by atoms with Crippen LogP contribution in [0.4, 0.5) is 0 Å². The molecule has 0 aliphatic carbocycles. The van der Waals surface area contributed by atoms with Crippen molar-refractivity contribution in [2.45, 2.75) is 38.7 Å². The lowest BCUT2D eigenvalue weighted by atomic mass is 9.97. The molecule has 1 atom stereocenters. The predicted molar refractivity (Wildman–Crippen MR) is 87.2 cm³/mol. The molecule has 6 heteroatoms. The van der Waals surface area contributed by atoms with Gasteiger partial charge in [-0.1, -0.05) is 22.9 Å². The summed E-state index contributed by atoms with van der Waals surface area (Å²) in [5.74, 6) is -1.54. The maximum absolute atomic E-state index is 12.4. The van der Waals surface area contributed by atoms with Crippen LogP contribution < -0.4 is 0 Å². The molecule has 0 N–H and O–H groups in total. The summed E-state index contributed by atoms with van der Waals surface area (Å²) in [5, 5.41) is 14.7. The van der Waals surface area contributed by atoms with Crippen molar-refractivity contribution >= 4 is 32.8 Å². The summed E-state index contributed by atoms with van der Waals surface area (Å²) in [5.41, 5.74) is 0.606. The average Bonchev–Trinajstić information content (AvgIpc) is 2.79. The first kappa shape index (κ1) is 16.5. The van der Waals surface area contributed by atoms with E-state index in [9.17, 15) is 10.1 Å². The van der Waals surface area contributed by atoms with Crippen LogP contribution in [0.15, 0.2) is 22.8 Å². The monoisotopic (exact) mass is 363 g/mol. The summed E-state index contributed by atoms with van der Waals surface area (Å²) >= 11 is 3.42. The lowest BCUT2D eigenvalue weighted by Crippen LogP contribution is -2.29. The van der Waals surface area contributed by atoms with Crippen LogP contribution >= 0.6 is 15.9 Å². The fraction of sp³-hybridized carbons (Fsp3) is 0.438. The van der Waals surface area contributed by atoms with Crippen LogP contribution in [0.5, 0.6) is 0 Å². The Morgan fingerprint density at radius 2 is 2.23 bits per heavy atom. The number of benzene rings is 1. The molecule has 0 aliphatic rings. The van der Waals surface area contributed by atoms with Crippen molar-refractivity contribution < 1.29 is 9.53 Å². The van der Waals surface area contributed by atoms with E-state index in [-0.39, 0.29) is 0 Å². The van der Waals surface area contributed by atoms with E-state index in [1.807, 2.05) is 39.1 Å². The van der Waals surface area contributed by atoms with E-state index < -0.39 is 17.5 Å². The second kappa shape index (κ2) is 6.09. The molecule has 2 rings (SSSR count). The molecule has 2 aromatic rings. The Hall–Kier alpha value is -1.87. The maximum Gasteiger partial charge on any atom is 0.328 e. The van der Waals surface area contributed by atoms with Gasteiger partial charge in [-0.05, 0) is 32.4 Å². The summed E-state index contributed by atoms with van der Waals surface area (Å²) in [4.78, 5) is 12.4. The normalized spacial score (nSPS) is 12.9. The third-order valence-electron chi connectivity index (χ3n) is 3.62. The summed E-state index contributed by atoms with van der Waals surface area (Å²) in [6.07, 6.45) is 2.52. The Balaban J connectivity index is 2.48. The minimum absolute atomic E-state index is 0.542. The summed E-state index contributed by atoms with van der Waals surface area (Å²) in [6, 6.07) is 5.71. The predicted octanol–water partition coefficient (Wildman–Crippen LogP) is 3.67. The Labute approximate surface area is 138 Å². The van der Waals surface area contributed by atoms with E-state index >= 15 is 0 Å². The van der Waals surface area contributed by atoms with Crippen molar-refractivity contribution in [1.82, 2.24) is 9.78 Å². The van der Waals surface area contributed by atoms with E-state index in [0.29, 0.717) is 17.5 Å². The largest absolute Gasteiger partial charge is 0.458 e. The fourth-order valence-corrected chi connectivity index (χ4v) is 2.61. The van der Waals surface area contributed by atoms with Gasteiger partial charge in [-0.2, -0.15) is 10.4 Å². The number of halogens is 1. The number of carbonyl (C=O) groups excluding carboxylic acids is 1. The Morgan fingerprint density at radius 3 is 2.82 bits per heavy atom. The number of hydrogen-bond acceptors (Lipinski definition) is 4. The Bertz CT molecular complexity index is 759. The number of hydrogen-bond donors (Lipinski definition) is 0. The van der Waals surface area contributed by atoms with Gasteiger partial charge in [0.05, 0.1) is 11.6 Å². The second-order valence-electron chi connectivity index (χ2n) is 5.83. The number of rotatable bonds is 4. The molecule has 0 saturated heterocycles. The highest BCUT2D eigenvalue weighted by molar-refractivity contribution is 9.10. The zero-order valence-corrected chi connectivity index (χ0v) is 14.6. The van der Waals surface area contributed by atoms with Crippen molar-refractivity contribution in [2.75, 3.05) is 0 Å². The van der Waals surface area contributed by atoms with Crippen LogP contribution in [-0.2, 0) is 16.6 Å². The van der Waals surface area contributed by atoms with Gasteiger partial charge < -0.3 is 4.74 Å². The van der Waals surface area contributed by atoms with E-state index in [0.717, 1.165) is 9.86 Å². The average molecular weight is 364 g/mol. The highest BCUT2D eigenvalue weighted by Crippen LogP contribution is 2.30. The van der Waals surface area contributed by atoms with E-state index in [1.165, 1.54) is 0 Å². The van der Waals surface area contributed by atoms with Crippen molar-refractivity contribution in [3.05, 3.63) is 28.4 Å². The summed E-state index contributed by atoms with van der Waals surface area (Å²) in [6.45, 7) is 5.60. The maximum atomic E-state index is 12.4. The van der Waals surface area contributed by atoms with Crippen molar-refractivity contribution in [1.29, 1.82) is 5.26 Å². The zero-order chi connectivity index (χ0) is 16.5. The molecule has 1 aromatic carbocycles. The minimum atomic E-state index is -0.999. The molecule has 0 fully saturated rings. The number of nitriles is 1. The van der Waals surface area contributed by atoms with Crippen molar-refractivity contribution in [3.63, 3.8) is 0 Å². The quantitative estimate of drug-likeness (QED) is 0.777. The van der Waals surface area contributed by atoms with Gasteiger partial charge in [0.1, 0.15) is 5.60 Å². The van der Waals surface area contributed by atoms with Gasteiger partial charge in [-0.15, -0.1) is 0 Å². The van der Waals surface area contributed by atoms with Gasteiger partial charge >= 0.3 is 5.97 Å². The molecule has 0 bridgehead atoms. The molecular formula is C16H18BrN3O2. The topological polar surface area (TPSA) is 67.9 Å². The molecule has 1 heterocycles. The van der Waals surface area contributed by atoms with Gasteiger partial charge in [0.25, 0.3) is 0 Å². The highest BCUT2D eigenvalue weighted by atomic mass is 79.9. The van der Waals surface area contributed by atoms with E-state index in [1.54, 1.807) is 17.8 Å². The van der Waals surface area contributed by atoms with Crippen LogP contribution in [0.3, 0.4) is 0 Å². The third kappa shape index (κ3) is 3.30. The van der Waals surface area contributed by atoms with Gasteiger partial charge in [0.15, 0.2) is 5.92 Å². The molecule has 22 heavy (non-hydrogen) atoms. The number of aromatic nitrogens is 2. The first-order valence-electron chi connectivity index (χ1n) is 7.02. The van der Waals surface area contributed by atoms with Crippen molar-refractivity contribution in [3.8, 4) is 6.07 Å². The van der Waals surface area contributed by atoms with Gasteiger partial charge in [-0.25, -0.2) is 0 Å². The first-order valence-corrected chi connectivity index (χ1v) is 7.82. The first-order chi connectivity index (χ1) is 10.3.